The van der Waals surface area contributed by atoms with Crippen LogP contribution in [0.1, 0.15) is 29.9 Å². The largest absolute Gasteiger partial charge is 0.462 e. The number of hydrogen-bond donors (Lipinski definition) is 1. The van der Waals surface area contributed by atoms with E-state index in [1.165, 1.54) is 6.20 Å². The van der Waals surface area contributed by atoms with E-state index in [0.717, 1.165) is 23.2 Å². The Balaban J connectivity index is 2.08. The van der Waals surface area contributed by atoms with Gasteiger partial charge in [0, 0.05) is 29.0 Å². The fourth-order valence-corrected chi connectivity index (χ4v) is 2.61. The van der Waals surface area contributed by atoms with Crippen LogP contribution in [0.15, 0.2) is 47.5 Å². The van der Waals surface area contributed by atoms with E-state index in [-0.39, 0.29) is 17.6 Å². The fraction of sp³-hybridized carbons (Fsp3) is 0.211. The maximum absolute atomic E-state index is 12.5. The number of aromatic nitrogens is 2. The van der Waals surface area contributed by atoms with Crippen LogP contribution in [0.5, 0.6) is 0 Å². The van der Waals surface area contributed by atoms with Gasteiger partial charge in [-0.3, -0.25) is 9.78 Å². The molecule has 0 aliphatic carbocycles. The summed E-state index contributed by atoms with van der Waals surface area (Å²) in [6.07, 6.45) is 4.06. The number of pyridine rings is 2. The monoisotopic (exact) mass is 322 g/mol. The van der Waals surface area contributed by atoms with Crippen LogP contribution in [-0.4, -0.2) is 22.5 Å². The van der Waals surface area contributed by atoms with Gasteiger partial charge >= 0.3 is 5.97 Å². The molecule has 0 radical (unpaired) electrons. The maximum atomic E-state index is 12.5. The molecule has 0 aliphatic rings. The Bertz CT molecular complexity index is 960. The van der Waals surface area contributed by atoms with Gasteiger partial charge < -0.3 is 9.72 Å². The quantitative estimate of drug-likeness (QED) is 0.748. The van der Waals surface area contributed by atoms with Gasteiger partial charge in [0.1, 0.15) is 5.56 Å². The minimum Gasteiger partial charge on any atom is -0.462 e. The molecule has 3 rings (SSSR count). The van der Waals surface area contributed by atoms with E-state index in [9.17, 15) is 9.59 Å². The number of carbonyl (C=O) groups excluding carboxylic acids is 1. The molecule has 0 spiro atoms. The number of nitrogens with zero attached hydrogens (tertiary/aromatic N) is 1. The Hall–Kier alpha value is -2.95. The van der Waals surface area contributed by atoms with Crippen LogP contribution in [0.3, 0.4) is 0 Å². The fourth-order valence-electron chi connectivity index (χ4n) is 2.61. The predicted molar refractivity (Wildman–Crippen MR) is 93.1 cm³/mol. The normalized spacial score (nSPS) is 10.8. The summed E-state index contributed by atoms with van der Waals surface area (Å²) < 4.78 is 4.91. The third kappa shape index (κ3) is 2.93. The Morgan fingerprint density at radius 2 is 1.96 bits per heavy atom. The van der Waals surface area contributed by atoms with Crippen LogP contribution in [0.25, 0.3) is 22.0 Å². The van der Waals surface area contributed by atoms with Crippen molar-refractivity contribution in [3.8, 4) is 11.1 Å². The third-order valence-electron chi connectivity index (χ3n) is 3.89. The molecule has 24 heavy (non-hydrogen) atoms. The molecule has 0 unspecified atom stereocenters. The smallest absolute Gasteiger partial charge is 0.343 e. The first kappa shape index (κ1) is 15.9. The first-order valence-corrected chi connectivity index (χ1v) is 7.92. The van der Waals surface area contributed by atoms with Gasteiger partial charge in [-0.05, 0) is 48.7 Å². The SMILES string of the molecule is CCOC(=O)c1c[nH]c2cc(-c3ccnc(CC)c3)ccc2c1=O. The second-order valence-corrected chi connectivity index (χ2v) is 5.40. The molecule has 0 bridgehead atoms. The summed E-state index contributed by atoms with van der Waals surface area (Å²) in [5.41, 5.74) is 3.42. The van der Waals surface area contributed by atoms with Crippen LogP contribution >= 0.6 is 0 Å². The zero-order valence-corrected chi connectivity index (χ0v) is 13.6. The molecule has 0 atom stereocenters. The summed E-state index contributed by atoms with van der Waals surface area (Å²) in [5.74, 6) is -0.605. The van der Waals surface area contributed by atoms with Crippen LogP contribution < -0.4 is 5.43 Å². The molecule has 1 aromatic carbocycles. The van der Waals surface area contributed by atoms with Crippen molar-refractivity contribution in [1.82, 2.24) is 9.97 Å². The van der Waals surface area contributed by atoms with Crippen LogP contribution in [-0.2, 0) is 11.2 Å². The van der Waals surface area contributed by atoms with E-state index in [1.807, 2.05) is 24.3 Å². The van der Waals surface area contributed by atoms with Crippen molar-refractivity contribution in [2.75, 3.05) is 6.61 Å². The number of carbonyl (C=O) groups is 1. The van der Waals surface area contributed by atoms with Gasteiger partial charge in [-0.25, -0.2) is 4.79 Å². The van der Waals surface area contributed by atoms with Crippen molar-refractivity contribution >= 4 is 16.9 Å². The minimum absolute atomic E-state index is 0.0225. The van der Waals surface area contributed by atoms with E-state index >= 15 is 0 Å². The van der Waals surface area contributed by atoms with Gasteiger partial charge in [-0.1, -0.05) is 13.0 Å². The Labute approximate surface area is 139 Å². The molecule has 0 saturated heterocycles. The lowest BCUT2D eigenvalue weighted by molar-refractivity contribution is 0.0524. The Morgan fingerprint density at radius 1 is 1.17 bits per heavy atom. The van der Waals surface area contributed by atoms with Crippen molar-refractivity contribution in [2.45, 2.75) is 20.3 Å². The lowest BCUT2D eigenvalue weighted by Gasteiger charge is -2.07. The number of fused-ring (bicyclic) bond motifs is 1. The molecule has 0 aliphatic heterocycles. The highest BCUT2D eigenvalue weighted by molar-refractivity contribution is 5.94. The molecule has 0 amide bonds. The van der Waals surface area contributed by atoms with Gasteiger partial charge in [0.25, 0.3) is 0 Å². The van der Waals surface area contributed by atoms with E-state index in [2.05, 4.69) is 16.9 Å². The van der Waals surface area contributed by atoms with Crippen molar-refractivity contribution in [3.05, 3.63) is 64.2 Å². The second kappa shape index (κ2) is 6.66. The molecule has 2 heterocycles. The average Bonchev–Trinajstić information content (AvgIpc) is 2.62. The predicted octanol–water partition coefficient (Wildman–Crippen LogP) is 3.33. The minimum atomic E-state index is -0.605. The lowest BCUT2D eigenvalue weighted by Crippen LogP contribution is -2.18. The first-order valence-electron chi connectivity index (χ1n) is 7.92. The number of aromatic amines is 1. The van der Waals surface area contributed by atoms with Crippen LogP contribution in [0, 0.1) is 0 Å². The highest BCUT2D eigenvalue weighted by Gasteiger charge is 2.14. The molecule has 122 valence electrons. The molecular weight excluding hydrogens is 304 g/mol. The van der Waals surface area contributed by atoms with Crippen molar-refractivity contribution in [1.29, 1.82) is 0 Å². The van der Waals surface area contributed by atoms with Gasteiger partial charge in [0.2, 0.25) is 5.43 Å². The topological polar surface area (TPSA) is 72.1 Å². The highest BCUT2D eigenvalue weighted by atomic mass is 16.5. The van der Waals surface area contributed by atoms with Crippen LogP contribution in [0.4, 0.5) is 0 Å². The molecule has 3 aromatic rings. The summed E-state index contributed by atoms with van der Waals surface area (Å²) in [5, 5.41) is 0.467. The number of benzene rings is 1. The maximum Gasteiger partial charge on any atom is 0.343 e. The van der Waals surface area contributed by atoms with E-state index in [0.29, 0.717) is 10.9 Å². The van der Waals surface area contributed by atoms with E-state index in [1.54, 1.807) is 19.2 Å². The summed E-state index contributed by atoms with van der Waals surface area (Å²) in [6.45, 7) is 4.00. The van der Waals surface area contributed by atoms with Gasteiger partial charge in [0.15, 0.2) is 0 Å². The van der Waals surface area contributed by atoms with Gasteiger partial charge in [-0.2, -0.15) is 0 Å². The molecule has 1 N–H and O–H groups in total. The average molecular weight is 322 g/mol. The van der Waals surface area contributed by atoms with Crippen molar-refractivity contribution in [3.63, 3.8) is 0 Å². The number of H-pyrrole nitrogens is 1. The summed E-state index contributed by atoms with van der Waals surface area (Å²) in [4.78, 5) is 31.6. The number of ether oxygens (including phenoxy) is 1. The highest BCUT2D eigenvalue weighted by Crippen LogP contribution is 2.23. The Kier molecular flexibility index (Phi) is 4.42. The van der Waals surface area contributed by atoms with Gasteiger partial charge in [-0.15, -0.1) is 0 Å². The summed E-state index contributed by atoms with van der Waals surface area (Å²) in [6, 6.07) is 9.48. The third-order valence-corrected chi connectivity index (χ3v) is 3.89. The van der Waals surface area contributed by atoms with Gasteiger partial charge in [0.05, 0.1) is 6.61 Å². The number of hydrogen-bond acceptors (Lipinski definition) is 4. The number of esters is 1. The Morgan fingerprint density at radius 3 is 2.71 bits per heavy atom. The molecule has 5 heteroatoms. The molecule has 0 saturated carbocycles. The standard InChI is InChI=1S/C19H18N2O3/c1-3-14-9-13(7-8-20-14)12-5-6-15-17(10-12)21-11-16(18(15)22)19(23)24-4-2/h5-11H,3-4H2,1-2H3,(H,21,22). The number of rotatable bonds is 4. The molecule has 2 aromatic heterocycles. The van der Waals surface area contributed by atoms with E-state index < -0.39 is 5.97 Å². The zero-order chi connectivity index (χ0) is 17.1. The van der Waals surface area contributed by atoms with Crippen molar-refractivity contribution in [2.24, 2.45) is 0 Å². The zero-order valence-electron chi connectivity index (χ0n) is 13.6. The van der Waals surface area contributed by atoms with Crippen LogP contribution in [0.2, 0.25) is 0 Å². The number of aryl methyl sites for hydroxylation is 1. The second-order valence-electron chi connectivity index (χ2n) is 5.40. The van der Waals surface area contributed by atoms with E-state index in [4.69, 9.17) is 4.74 Å². The summed E-state index contributed by atoms with van der Waals surface area (Å²) >= 11 is 0. The summed E-state index contributed by atoms with van der Waals surface area (Å²) in [7, 11) is 0. The molecule has 5 nitrogen and oxygen atoms in total. The molecular formula is C19H18N2O3. The first-order chi connectivity index (χ1) is 11.6. The van der Waals surface area contributed by atoms with Crippen molar-refractivity contribution < 1.29 is 9.53 Å². The number of nitrogens with one attached hydrogen (secondary N) is 1. The molecule has 0 fully saturated rings. The lowest BCUT2D eigenvalue weighted by atomic mass is 10.0.